The molecule has 138 valence electrons. The smallest absolute Gasteiger partial charge is 0.228 e. The molecule has 0 bridgehead atoms. The van der Waals surface area contributed by atoms with Gasteiger partial charge in [0.25, 0.3) is 0 Å². The summed E-state index contributed by atoms with van der Waals surface area (Å²) in [6.07, 6.45) is 0.0815. The van der Waals surface area contributed by atoms with Crippen LogP contribution >= 0.6 is 0 Å². The average Bonchev–Trinajstić information content (AvgIpc) is 3.29. The molecule has 2 aromatic rings. The van der Waals surface area contributed by atoms with Crippen LogP contribution in [0.4, 0.5) is 0 Å². The Bertz CT molecular complexity index is 970. The van der Waals surface area contributed by atoms with Gasteiger partial charge in [-0.15, -0.1) is 0 Å². The second-order valence-electron chi connectivity index (χ2n) is 7.46. The standard InChI is InChI=1S/C22H15NO5/c24-17-11-5-1-2-6-12(11)18(25)15(17)22(9-10-23-21(22)28)16-19(26)13-7-3-4-8-14(13)20(16)27/h1-8,15-16H,9-10H2,(H,23,28). The number of Topliss-reactive ketones (excluding diaryl/α,β-unsaturated/α-hetero) is 4. The number of fused-ring (bicyclic) bond motifs is 2. The first-order chi connectivity index (χ1) is 13.5. The van der Waals surface area contributed by atoms with E-state index in [0.717, 1.165) is 0 Å². The molecule has 28 heavy (non-hydrogen) atoms. The first-order valence-electron chi connectivity index (χ1n) is 9.11. The summed E-state index contributed by atoms with van der Waals surface area (Å²) in [5.41, 5.74) is -0.724. The molecule has 0 unspecified atom stereocenters. The van der Waals surface area contributed by atoms with Crippen molar-refractivity contribution in [3.8, 4) is 0 Å². The van der Waals surface area contributed by atoms with E-state index in [9.17, 15) is 24.0 Å². The molecule has 1 aliphatic heterocycles. The van der Waals surface area contributed by atoms with Crippen LogP contribution in [0.1, 0.15) is 47.9 Å². The Morgan fingerprint density at radius 1 is 0.643 bits per heavy atom. The molecule has 6 heteroatoms. The zero-order valence-corrected chi connectivity index (χ0v) is 14.7. The quantitative estimate of drug-likeness (QED) is 0.811. The molecular weight excluding hydrogens is 358 g/mol. The number of ketones is 4. The molecule has 6 nitrogen and oxygen atoms in total. The minimum atomic E-state index is -1.69. The van der Waals surface area contributed by atoms with Crippen LogP contribution in [0, 0.1) is 17.3 Å². The Morgan fingerprint density at radius 3 is 1.29 bits per heavy atom. The van der Waals surface area contributed by atoms with Crippen LogP contribution in [0.2, 0.25) is 0 Å². The summed E-state index contributed by atoms with van der Waals surface area (Å²) in [7, 11) is 0. The summed E-state index contributed by atoms with van der Waals surface area (Å²) >= 11 is 0. The van der Waals surface area contributed by atoms with Gasteiger partial charge in [-0.25, -0.2) is 0 Å². The van der Waals surface area contributed by atoms with E-state index < -0.39 is 46.3 Å². The van der Waals surface area contributed by atoms with E-state index in [0.29, 0.717) is 0 Å². The predicted molar refractivity (Wildman–Crippen MR) is 97.2 cm³/mol. The summed E-state index contributed by atoms with van der Waals surface area (Å²) in [5.74, 6) is -5.27. The molecule has 0 saturated carbocycles. The molecule has 2 aliphatic carbocycles. The second kappa shape index (κ2) is 5.55. The molecule has 1 N–H and O–H groups in total. The van der Waals surface area contributed by atoms with Gasteiger partial charge in [0, 0.05) is 28.8 Å². The maximum absolute atomic E-state index is 13.2. The topological polar surface area (TPSA) is 97.4 Å². The normalized spacial score (nSPS) is 21.2. The molecular formula is C22H15NO5. The monoisotopic (exact) mass is 373 g/mol. The van der Waals surface area contributed by atoms with Crippen molar-refractivity contribution in [3.63, 3.8) is 0 Å². The number of carbonyl (C=O) groups excluding carboxylic acids is 5. The minimum Gasteiger partial charge on any atom is -0.356 e. The number of rotatable bonds is 2. The molecule has 3 aliphatic rings. The average molecular weight is 373 g/mol. The van der Waals surface area contributed by atoms with Gasteiger partial charge in [0.2, 0.25) is 5.91 Å². The van der Waals surface area contributed by atoms with Gasteiger partial charge in [0.15, 0.2) is 23.1 Å². The maximum atomic E-state index is 13.2. The van der Waals surface area contributed by atoms with Crippen LogP contribution in [-0.4, -0.2) is 35.6 Å². The molecule has 2 aromatic carbocycles. The largest absolute Gasteiger partial charge is 0.356 e. The fraction of sp³-hybridized carbons (Fsp3) is 0.227. The molecule has 0 atom stereocenters. The van der Waals surface area contributed by atoms with Crippen molar-refractivity contribution in [2.75, 3.05) is 6.54 Å². The van der Waals surface area contributed by atoms with Gasteiger partial charge < -0.3 is 5.32 Å². The van der Waals surface area contributed by atoms with E-state index in [2.05, 4.69) is 5.32 Å². The van der Waals surface area contributed by atoms with Gasteiger partial charge in [0.05, 0.1) is 5.41 Å². The van der Waals surface area contributed by atoms with Crippen molar-refractivity contribution in [1.29, 1.82) is 0 Å². The molecule has 0 radical (unpaired) electrons. The lowest BCUT2D eigenvalue weighted by atomic mass is 9.62. The van der Waals surface area contributed by atoms with E-state index >= 15 is 0 Å². The Kier molecular flexibility index (Phi) is 3.32. The first-order valence-corrected chi connectivity index (χ1v) is 9.11. The van der Waals surface area contributed by atoms with Crippen molar-refractivity contribution in [3.05, 3.63) is 70.8 Å². The third-order valence-electron chi connectivity index (χ3n) is 6.24. The van der Waals surface area contributed by atoms with Gasteiger partial charge in [-0.3, -0.25) is 24.0 Å². The number of benzene rings is 2. The lowest BCUT2D eigenvalue weighted by Gasteiger charge is -2.34. The van der Waals surface area contributed by atoms with E-state index in [1.165, 1.54) is 0 Å². The molecule has 0 spiro atoms. The summed E-state index contributed by atoms with van der Waals surface area (Å²) in [5, 5.41) is 2.65. The van der Waals surface area contributed by atoms with Crippen molar-refractivity contribution in [2.24, 2.45) is 17.3 Å². The van der Waals surface area contributed by atoms with E-state index in [1.54, 1.807) is 48.5 Å². The van der Waals surface area contributed by atoms with Crippen LogP contribution in [0.25, 0.3) is 0 Å². The van der Waals surface area contributed by atoms with E-state index in [-0.39, 0.29) is 35.2 Å². The van der Waals surface area contributed by atoms with Crippen LogP contribution in [0.3, 0.4) is 0 Å². The molecule has 1 saturated heterocycles. The molecule has 1 fully saturated rings. The highest BCUT2D eigenvalue weighted by Crippen LogP contribution is 2.52. The van der Waals surface area contributed by atoms with Crippen molar-refractivity contribution >= 4 is 29.0 Å². The van der Waals surface area contributed by atoms with Crippen LogP contribution in [0.15, 0.2) is 48.5 Å². The number of nitrogens with one attached hydrogen (secondary N) is 1. The molecule has 1 heterocycles. The number of amides is 1. The maximum Gasteiger partial charge on any atom is 0.228 e. The zero-order chi connectivity index (χ0) is 19.6. The summed E-state index contributed by atoms with van der Waals surface area (Å²) < 4.78 is 0. The number of hydrogen-bond donors (Lipinski definition) is 1. The number of hydrogen-bond acceptors (Lipinski definition) is 5. The summed E-state index contributed by atoms with van der Waals surface area (Å²) in [4.78, 5) is 65.7. The van der Waals surface area contributed by atoms with E-state index in [1.807, 2.05) is 0 Å². The van der Waals surface area contributed by atoms with Crippen molar-refractivity contribution in [2.45, 2.75) is 6.42 Å². The highest BCUT2D eigenvalue weighted by molar-refractivity contribution is 6.33. The highest BCUT2D eigenvalue weighted by Gasteiger charge is 2.66. The van der Waals surface area contributed by atoms with Crippen molar-refractivity contribution in [1.82, 2.24) is 5.32 Å². The highest BCUT2D eigenvalue weighted by atomic mass is 16.2. The fourth-order valence-corrected chi connectivity index (χ4v) is 5.00. The minimum absolute atomic E-state index is 0.0815. The van der Waals surface area contributed by atoms with Gasteiger partial charge >= 0.3 is 0 Å². The summed E-state index contributed by atoms with van der Waals surface area (Å²) in [6, 6.07) is 12.8. The van der Waals surface area contributed by atoms with Crippen LogP contribution in [-0.2, 0) is 4.79 Å². The number of carbonyl (C=O) groups is 5. The van der Waals surface area contributed by atoms with Crippen LogP contribution < -0.4 is 5.32 Å². The third-order valence-corrected chi connectivity index (χ3v) is 6.24. The lowest BCUT2D eigenvalue weighted by molar-refractivity contribution is -0.130. The second-order valence-corrected chi connectivity index (χ2v) is 7.46. The predicted octanol–water partition coefficient (Wildman–Crippen LogP) is 1.88. The molecule has 0 aromatic heterocycles. The van der Waals surface area contributed by atoms with Crippen LogP contribution in [0.5, 0.6) is 0 Å². The zero-order valence-electron chi connectivity index (χ0n) is 14.7. The molecule has 5 rings (SSSR count). The van der Waals surface area contributed by atoms with Gasteiger partial charge in [0.1, 0.15) is 11.8 Å². The molecule has 1 amide bonds. The van der Waals surface area contributed by atoms with Gasteiger partial charge in [-0.1, -0.05) is 48.5 Å². The summed E-state index contributed by atoms with van der Waals surface area (Å²) in [6.45, 7) is 0.208. The van der Waals surface area contributed by atoms with E-state index in [4.69, 9.17) is 0 Å². The van der Waals surface area contributed by atoms with Crippen molar-refractivity contribution < 1.29 is 24.0 Å². The Hall–Kier alpha value is -3.41. The lowest BCUT2D eigenvalue weighted by Crippen LogP contribution is -2.52. The third kappa shape index (κ3) is 1.84. The Morgan fingerprint density at radius 2 is 1.00 bits per heavy atom. The first kappa shape index (κ1) is 16.7. The van der Waals surface area contributed by atoms with Gasteiger partial charge in [-0.05, 0) is 6.42 Å². The van der Waals surface area contributed by atoms with Gasteiger partial charge in [-0.2, -0.15) is 0 Å². The Balaban J connectivity index is 1.71. The fourth-order valence-electron chi connectivity index (χ4n) is 5.00. The Labute approximate surface area is 159 Å². The SMILES string of the molecule is O=C1c2ccccc2C(=O)C1C1(C2C(=O)c3ccccc3C2=O)CCNC1=O.